The second kappa shape index (κ2) is 7.46. The molecule has 4 aromatic rings. The summed E-state index contributed by atoms with van der Waals surface area (Å²) in [7, 11) is 0. The Morgan fingerprint density at radius 3 is 1.58 bits per heavy atom. The Morgan fingerprint density at radius 2 is 1.13 bits per heavy atom. The molecule has 0 aliphatic carbocycles. The van der Waals surface area contributed by atoms with Crippen molar-refractivity contribution in [3.05, 3.63) is 59.4 Å². The first-order chi connectivity index (χ1) is 15.0. The van der Waals surface area contributed by atoms with Crippen molar-refractivity contribution in [1.82, 2.24) is 39.0 Å². The molecule has 0 N–H and O–H groups in total. The predicted octanol–water partition coefficient (Wildman–Crippen LogP) is 1.38. The molecule has 1 saturated heterocycles. The van der Waals surface area contributed by atoms with Crippen molar-refractivity contribution in [1.29, 1.82) is 0 Å². The zero-order valence-corrected chi connectivity index (χ0v) is 17.4. The quantitative estimate of drug-likeness (QED) is 0.487. The third-order valence-electron chi connectivity index (χ3n) is 5.71. The maximum atomic E-state index is 13.1. The van der Waals surface area contributed by atoms with E-state index in [1.54, 1.807) is 46.5 Å². The van der Waals surface area contributed by atoms with Gasteiger partial charge in [0.2, 0.25) is 0 Å². The molecule has 158 valence electrons. The molecule has 0 bridgehead atoms. The number of amides is 2. The van der Waals surface area contributed by atoms with Gasteiger partial charge in [-0.05, 0) is 44.5 Å². The van der Waals surface area contributed by atoms with Crippen LogP contribution in [-0.4, -0.2) is 77.0 Å². The number of nitrogens with zero attached hydrogens (tertiary/aromatic N) is 8. The van der Waals surface area contributed by atoms with Crippen molar-refractivity contribution in [3.8, 4) is 0 Å². The van der Waals surface area contributed by atoms with Crippen LogP contribution in [-0.2, 0) is 0 Å². The van der Waals surface area contributed by atoms with Crippen LogP contribution in [0.1, 0.15) is 38.8 Å². The van der Waals surface area contributed by atoms with Crippen molar-refractivity contribution in [2.45, 2.75) is 20.3 Å². The second-order valence-electron chi connectivity index (χ2n) is 7.72. The molecule has 0 saturated carbocycles. The molecule has 5 heterocycles. The zero-order valence-electron chi connectivity index (χ0n) is 17.4. The highest BCUT2D eigenvalue weighted by molar-refractivity contribution is 5.95. The number of fused-ring (bicyclic) bond motifs is 2. The first-order valence-electron chi connectivity index (χ1n) is 10.2. The molecule has 10 nitrogen and oxygen atoms in total. The predicted molar refractivity (Wildman–Crippen MR) is 112 cm³/mol. The van der Waals surface area contributed by atoms with E-state index in [2.05, 4.69) is 20.4 Å². The Kier molecular flexibility index (Phi) is 4.61. The monoisotopic (exact) mass is 418 g/mol. The largest absolute Gasteiger partial charge is 0.337 e. The lowest BCUT2D eigenvalue weighted by molar-refractivity contribution is 0.0718. The lowest BCUT2D eigenvalue weighted by Crippen LogP contribution is -2.37. The van der Waals surface area contributed by atoms with Gasteiger partial charge in [0.1, 0.15) is 11.6 Å². The van der Waals surface area contributed by atoms with Crippen molar-refractivity contribution >= 4 is 23.1 Å². The van der Waals surface area contributed by atoms with Gasteiger partial charge in [0.15, 0.2) is 11.3 Å². The fourth-order valence-corrected chi connectivity index (χ4v) is 3.95. The molecule has 1 fully saturated rings. The van der Waals surface area contributed by atoms with E-state index in [-0.39, 0.29) is 11.8 Å². The van der Waals surface area contributed by atoms with Gasteiger partial charge in [-0.3, -0.25) is 18.4 Å². The van der Waals surface area contributed by atoms with Crippen LogP contribution < -0.4 is 0 Å². The average molecular weight is 418 g/mol. The van der Waals surface area contributed by atoms with E-state index in [4.69, 9.17) is 0 Å². The van der Waals surface area contributed by atoms with E-state index in [1.165, 1.54) is 0 Å². The summed E-state index contributed by atoms with van der Waals surface area (Å²) >= 11 is 0. The Morgan fingerprint density at radius 1 is 0.677 bits per heavy atom. The molecule has 1 aliphatic heterocycles. The molecule has 0 atom stereocenters. The third-order valence-corrected chi connectivity index (χ3v) is 5.71. The van der Waals surface area contributed by atoms with E-state index < -0.39 is 0 Å². The SMILES string of the molecule is Cc1nnc2ccc(C(=O)N3CCCN(C(=O)c4ccc5nnc(C)n5c4)CC3)cn12. The molecule has 1 aliphatic rings. The minimum Gasteiger partial charge on any atom is -0.337 e. The summed E-state index contributed by atoms with van der Waals surface area (Å²) in [4.78, 5) is 29.8. The summed E-state index contributed by atoms with van der Waals surface area (Å²) in [5.74, 6) is 1.37. The highest BCUT2D eigenvalue weighted by Gasteiger charge is 2.24. The maximum Gasteiger partial charge on any atom is 0.255 e. The molecular formula is C21H22N8O2. The van der Waals surface area contributed by atoms with E-state index in [9.17, 15) is 9.59 Å². The van der Waals surface area contributed by atoms with E-state index >= 15 is 0 Å². The summed E-state index contributed by atoms with van der Waals surface area (Å²) < 4.78 is 3.62. The first kappa shape index (κ1) is 19.2. The van der Waals surface area contributed by atoms with Crippen molar-refractivity contribution in [2.75, 3.05) is 26.2 Å². The summed E-state index contributed by atoms with van der Waals surface area (Å²) in [5.41, 5.74) is 2.59. The first-order valence-corrected chi connectivity index (χ1v) is 10.2. The average Bonchev–Trinajstić information content (AvgIpc) is 3.24. The molecule has 5 rings (SSSR count). The summed E-state index contributed by atoms with van der Waals surface area (Å²) in [6, 6.07) is 7.14. The fourth-order valence-electron chi connectivity index (χ4n) is 3.95. The van der Waals surface area contributed by atoms with Crippen LogP contribution in [0.3, 0.4) is 0 Å². The normalized spacial score (nSPS) is 14.9. The van der Waals surface area contributed by atoms with Gasteiger partial charge in [-0.25, -0.2) is 0 Å². The number of carbonyl (C=O) groups excluding carboxylic acids is 2. The van der Waals surface area contributed by atoms with Crippen molar-refractivity contribution < 1.29 is 9.59 Å². The van der Waals surface area contributed by atoms with Crippen LogP contribution in [0.4, 0.5) is 0 Å². The molecular weight excluding hydrogens is 396 g/mol. The van der Waals surface area contributed by atoms with Gasteiger partial charge >= 0.3 is 0 Å². The lowest BCUT2D eigenvalue weighted by atomic mass is 10.2. The molecule has 0 radical (unpaired) electrons. The van der Waals surface area contributed by atoms with Crippen molar-refractivity contribution in [2.24, 2.45) is 0 Å². The van der Waals surface area contributed by atoms with Gasteiger partial charge in [-0.2, -0.15) is 0 Å². The van der Waals surface area contributed by atoms with Crippen molar-refractivity contribution in [3.63, 3.8) is 0 Å². The standard InChI is InChI=1S/C21H22N8O2/c1-14-22-24-18-6-4-16(12-28(14)18)20(30)26-8-3-9-27(11-10-26)21(31)17-5-7-19-25-23-15(2)29(19)13-17/h4-7,12-13H,3,8-11H2,1-2H3. The van der Waals surface area contributed by atoms with E-state index in [1.807, 2.05) is 22.6 Å². The summed E-state index contributed by atoms with van der Waals surface area (Å²) in [6.07, 6.45) is 4.27. The molecule has 0 aromatic carbocycles. The number of hydrogen-bond donors (Lipinski definition) is 0. The minimum atomic E-state index is -0.0502. The smallest absolute Gasteiger partial charge is 0.255 e. The van der Waals surface area contributed by atoms with Gasteiger partial charge in [-0.1, -0.05) is 0 Å². The highest BCUT2D eigenvalue weighted by atomic mass is 16.2. The number of hydrogen-bond acceptors (Lipinski definition) is 6. The topological polar surface area (TPSA) is 101 Å². The maximum absolute atomic E-state index is 13.1. The third kappa shape index (κ3) is 3.39. The van der Waals surface area contributed by atoms with Crippen LogP contribution in [0, 0.1) is 13.8 Å². The Hall–Kier alpha value is -3.82. The number of aryl methyl sites for hydroxylation is 2. The van der Waals surface area contributed by atoms with Crippen LogP contribution in [0.5, 0.6) is 0 Å². The molecule has 2 amide bonds. The fraction of sp³-hybridized carbons (Fsp3) is 0.333. The summed E-state index contributed by atoms with van der Waals surface area (Å²) in [5, 5.41) is 16.2. The highest BCUT2D eigenvalue weighted by Crippen LogP contribution is 2.14. The number of rotatable bonds is 2. The Bertz CT molecular complexity index is 1210. The zero-order chi connectivity index (χ0) is 21.5. The van der Waals surface area contributed by atoms with Gasteiger partial charge in [0, 0.05) is 38.6 Å². The molecule has 31 heavy (non-hydrogen) atoms. The number of pyridine rings is 2. The lowest BCUT2D eigenvalue weighted by Gasteiger charge is -2.22. The van der Waals surface area contributed by atoms with Crippen LogP contribution in [0.2, 0.25) is 0 Å². The van der Waals surface area contributed by atoms with Gasteiger partial charge in [-0.15, -0.1) is 20.4 Å². The van der Waals surface area contributed by atoms with Gasteiger partial charge in [0.05, 0.1) is 11.1 Å². The number of aromatic nitrogens is 6. The number of carbonyl (C=O) groups is 2. The Labute approximate surface area is 178 Å². The van der Waals surface area contributed by atoms with Crippen LogP contribution in [0.15, 0.2) is 36.7 Å². The Balaban J connectivity index is 1.31. The minimum absolute atomic E-state index is 0.0502. The summed E-state index contributed by atoms with van der Waals surface area (Å²) in [6.45, 7) is 5.87. The van der Waals surface area contributed by atoms with E-state index in [0.717, 1.165) is 18.1 Å². The van der Waals surface area contributed by atoms with E-state index in [0.29, 0.717) is 48.6 Å². The van der Waals surface area contributed by atoms with Gasteiger partial charge < -0.3 is 9.80 Å². The molecule has 10 heteroatoms. The van der Waals surface area contributed by atoms with Crippen LogP contribution >= 0.6 is 0 Å². The molecule has 0 unspecified atom stereocenters. The van der Waals surface area contributed by atoms with Crippen LogP contribution in [0.25, 0.3) is 11.3 Å². The molecule has 4 aromatic heterocycles. The molecule has 0 spiro atoms. The van der Waals surface area contributed by atoms with Gasteiger partial charge in [0.25, 0.3) is 11.8 Å². The second-order valence-corrected chi connectivity index (χ2v) is 7.72.